The minimum atomic E-state index is -1.03. The molecule has 0 rings (SSSR count). The zero-order valence-corrected chi connectivity index (χ0v) is 8.28. The highest BCUT2D eigenvalue weighted by Gasteiger charge is 2.24. The van der Waals surface area contributed by atoms with Crippen molar-refractivity contribution in [2.45, 2.75) is 26.7 Å². The number of carboxylic acids is 1. The van der Waals surface area contributed by atoms with E-state index >= 15 is 0 Å². The number of hydrogen-bond acceptors (Lipinski definition) is 4. The van der Waals surface area contributed by atoms with Gasteiger partial charge < -0.3 is 9.84 Å². The lowest BCUT2D eigenvalue weighted by atomic mass is 9.99. The van der Waals surface area contributed by atoms with E-state index in [1.54, 1.807) is 6.92 Å². The second kappa shape index (κ2) is 6.12. The maximum absolute atomic E-state index is 11.2. The summed E-state index contributed by atoms with van der Waals surface area (Å²) >= 11 is 0. The molecule has 1 atom stereocenters. The number of hydrogen-bond donors (Lipinski definition) is 1. The average Bonchev–Trinajstić information content (AvgIpc) is 2.03. The third-order valence-corrected chi connectivity index (χ3v) is 1.71. The molecule has 1 unspecified atom stereocenters. The molecule has 0 aromatic heterocycles. The van der Waals surface area contributed by atoms with E-state index in [0.29, 0.717) is 0 Å². The first-order valence-corrected chi connectivity index (χ1v) is 4.38. The fourth-order valence-corrected chi connectivity index (χ4v) is 0.998. The summed E-state index contributed by atoms with van der Waals surface area (Å²) in [5, 5.41) is 8.39. The van der Waals surface area contributed by atoms with Crippen LogP contribution in [0, 0.1) is 5.92 Å². The van der Waals surface area contributed by atoms with Crippen molar-refractivity contribution < 1.29 is 24.2 Å². The topological polar surface area (TPSA) is 80.7 Å². The van der Waals surface area contributed by atoms with Crippen molar-refractivity contribution in [3.63, 3.8) is 0 Å². The van der Waals surface area contributed by atoms with Gasteiger partial charge in [0.15, 0.2) is 0 Å². The van der Waals surface area contributed by atoms with E-state index in [-0.39, 0.29) is 25.2 Å². The number of aliphatic carboxylic acids is 1. The van der Waals surface area contributed by atoms with Gasteiger partial charge in [-0.2, -0.15) is 0 Å². The second-order valence-corrected chi connectivity index (χ2v) is 2.85. The quantitative estimate of drug-likeness (QED) is 0.504. The van der Waals surface area contributed by atoms with Crippen LogP contribution in [0.3, 0.4) is 0 Å². The van der Waals surface area contributed by atoms with Crippen LogP contribution in [0.1, 0.15) is 26.7 Å². The molecule has 0 spiro atoms. The van der Waals surface area contributed by atoms with Crippen molar-refractivity contribution in [1.82, 2.24) is 0 Å². The van der Waals surface area contributed by atoms with Crippen molar-refractivity contribution in [3.8, 4) is 0 Å². The van der Waals surface area contributed by atoms with Gasteiger partial charge in [0.05, 0.1) is 6.61 Å². The van der Waals surface area contributed by atoms with E-state index in [9.17, 15) is 14.4 Å². The molecule has 0 radical (unpaired) electrons. The lowest BCUT2D eigenvalue weighted by Gasteiger charge is -2.10. The SMILES string of the molecule is CCOC(=O)C(CCC(=O)O)C(C)=O. The maximum atomic E-state index is 11.2. The summed E-state index contributed by atoms with van der Waals surface area (Å²) in [5.74, 6) is -2.96. The minimum Gasteiger partial charge on any atom is -0.481 e. The van der Waals surface area contributed by atoms with Crippen LogP contribution in [-0.2, 0) is 19.1 Å². The third-order valence-electron chi connectivity index (χ3n) is 1.71. The number of rotatable bonds is 6. The largest absolute Gasteiger partial charge is 0.481 e. The van der Waals surface area contributed by atoms with Crippen molar-refractivity contribution in [2.24, 2.45) is 5.92 Å². The Morgan fingerprint density at radius 2 is 1.93 bits per heavy atom. The zero-order chi connectivity index (χ0) is 11.1. The molecule has 1 N–H and O–H groups in total. The zero-order valence-electron chi connectivity index (χ0n) is 8.28. The van der Waals surface area contributed by atoms with Gasteiger partial charge in [-0.05, 0) is 20.3 Å². The Kier molecular flexibility index (Phi) is 5.52. The van der Waals surface area contributed by atoms with Gasteiger partial charge in [-0.1, -0.05) is 0 Å². The van der Waals surface area contributed by atoms with Crippen LogP contribution < -0.4 is 0 Å². The highest BCUT2D eigenvalue weighted by molar-refractivity contribution is 5.97. The molecule has 80 valence electrons. The summed E-state index contributed by atoms with van der Waals surface area (Å²) < 4.78 is 4.64. The molecule has 14 heavy (non-hydrogen) atoms. The first kappa shape index (κ1) is 12.6. The van der Waals surface area contributed by atoms with Gasteiger partial charge in [-0.15, -0.1) is 0 Å². The molecule has 0 bridgehead atoms. The monoisotopic (exact) mass is 202 g/mol. The van der Waals surface area contributed by atoms with Gasteiger partial charge in [-0.25, -0.2) is 0 Å². The number of esters is 1. The Hall–Kier alpha value is -1.39. The van der Waals surface area contributed by atoms with E-state index in [1.807, 2.05) is 0 Å². The summed E-state index contributed by atoms with van der Waals surface area (Å²) in [6.45, 7) is 3.07. The first-order chi connectivity index (χ1) is 6.49. The predicted octanol–water partition coefficient (Wildman–Crippen LogP) is 0.619. The van der Waals surface area contributed by atoms with Gasteiger partial charge in [0.25, 0.3) is 0 Å². The van der Waals surface area contributed by atoms with Crippen LogP contribution in [-0.4, -0.2) is 29.4 Å². The molecule has 0 aliphatic heterocycles. The van der Waals surface area contributed by atoms with E-state index < -0.39 is 17.9 Å². The highest BCUT2D eigenvalue weighted by atomic mass is 16.5. The van der Waals surface area contributed by atoms with Gasteiger partial charge >= 0.3 is 11.9 Å². The minimum absolute atomic E-state index is 0.00347. The number of carboxylic acid groups (broad SMARTS) is 1. The summed E-state index contributed by atoms with van der Waals surface area (Å²) in [4.78, 5) is 32.4. The number of carbonyl (C=O) groups excluding carboxylic acids is 2. The molecule has 0 heterocycles. The molecule has 0 saturated carbocycles. The van der Waals surface area contributed by atoms with Gasteiger partial charge in [0, 0.05) is 6.42 Å². The third kappa shape index (κ3) is 4.59. The average molecular weight is 202 g/mol. The van der Waals surface area contributed by atoms with Crippen LogP contribution in [0.25, 0.3) is 0 Å². The number of ether oxygens (including phenoxy) is 1. The van der Waals surface area contributed by atoms with Crippen molar-refractivity contribution in [3.05, 3.63) is 0 Å². The van der Waals surface area contributed by atoms with Gasteiger partial charge in [0.1, 0.15) is 11.7 Å². The molecule has 0 amide bonds. The lowest BCUT2D eigenvalue weighted by Crippen LogP contribution is -2.25. The number of ketones is 1. The van der Waals surface area contributed by atoms with Crippen LogP contribution in [0.4, 0.5) is 0 Å². The summed E-state index contributed by atoms with van der Waals surface area (Å²) in [6, 6.07) is 0. The van der Waals surface area contributed by atoms with Gasteiger partial charge in [0.2, 0.25) is 0 Å². The van der Waals surface area contributed by atoms with Crippen molar-refractivity contribution in [1.29, 1.82) is 0 Å². The first-order valence-electron chi connectivity index (χ1n) is 4.38. The molecule has 0 aromatic rings. The Morgan fingerprint density at radius 1 is 1.36 bits per heavy atom. The molecular formula is C9H14O5. The van der Waals surface area contributed by atoms with Crippen molar-refractivity contribution >= 4 is 17.7 Å². The molecule has 0 saturated heterocycles. The van der Waals surface area contributed by atoms with Gasteiger partial charge in [-0.3, -0.25) is 14.4 Å². The Labute approximate surface area is 82.1 Å². The molecule has 0 aliphatic rings. The fraction of sp³-hybridized carbons (Fsp3) is 0.667. The van der Waals surface area contributed by atoms with Crippen LogP contribution in [0.15, 0.2) is 0 Å². The molecule has 5 heteroatoms. The molecule has 0 aliphatic carbocycles. The van der Waals surface area contributed by atoms with E-state index in [4.69, 9.17) is 5.11 Å². The summed E-state index contributed by atoms with van der Waals surface area (Å²) in [6.07, 6.45) is -0.202. The highest BCUT2D eigenvalue weighted by Crippen LogP contribution is 2.10. The molecule has 5 nitrogen and oxygen atoms in total. The Morgan fingerprint density at radius 3 is 2.29 bits per heavy atom. The maximum Gasteiger partial charge on any atom is 0.316 e. The summed E-state index contributed by atoms with van der Waals surface area (Å²) in [7, 11) is 0. The number of carbonyl (C=O) groups is 3. The number of Topliss-reactive ketones (excluding diaryl/α,β-unsaturated/α-hetero) is 1. The predicted molar refractivity (Wildman–Crippen MR) is 47.7 cm³/mol. The van der Waals surface area contributed by atoms with E-state index in [2.05, 4.69) is 4.74 Å². The van der Waals surface area contributed by atoms with Crippen LogP contribution >= 0.6 is 0 Å². The molecule has 0 fully saturated rings. The standard InChI is InChI=1S/C9H14O5/c1-3-14-9(13)7(6(2)10)4-5-8(11)12/h7H,3-5H2,1-2H3,(H,11,12). The van der Waals surface area contributed by atoms with E-state index in [1.165, 1.54) is 6.92 Å². The Balaban J connectivity index is 4.22. The van der Waals surface area contributed by atoms with Crippen LogP contribution in [0.5, 0.6) is 0 Å². The lowest BCUT2D eigenvalue weighted by molar-refractivity contribution is -0.151. The normalized spacial score (nSPS) is 11.9. The summed E-state index contributed by atoms with van der Waals surface area (Å²) in [5.41, 5.74) is 0. The van der Waals surface area contributed by atoms with Crippen LogP contribution in [0.2, 0.25) is 0 Å². The molecule has 0 aromatic carbocycles. The fourth-order valence-electron chi connectivity index (χ4n) is 0.998. The Bertz CT molecular complexity index is 233. The van der Waals surface area contributed by atoms with E-state index in [0.717, 1.165) is 0 Å². The molecular weight excluding hydrogens is 188 g/mol. The smallest absolute Gasteiger partial charge is 0.316 e. The second-order valence-electron chi connectivity index (χ2n) is 2.85. The van der Waals surface area contributed by atoms with Crippen molar-refractivity contribution in [2.75, 3.05) is 6.61 Å².